The summed E-state index contributed by atoms with van der Waals surface area (Å²) in [4.78, 5) is 18.2. The summed E-state index contributed by atoms with van der Waals surface area (Å²) in [5.41, 5.74) is 11.3. The van der Waals surface area contributed by atoms with E-state index in [1.165, 1.54) is 12.1 Å². The quantitative estimate of drug-likeness (QED) is 0.210. The summed E-state index contributed by atoms with van der Waals surface area (Å²) in [5, 5.41) is 6.53. The van der Waals surface area contributed by atoms with Crippen molar-refractivity contribution in [2.45, 2.75) is 0 Å². The normalized spacial score (nSPS) is 11.2. The molecule has 4 N–H and O–H groups in total. The minimum absolute atomic E-state index is 0.312. The fourth-order valence-corrected chi connectivity index (χ4v) is 4.28. The molecule has 0 spiro atoms. The molecule has 0 saturated heterocycles. The molecule has 0 atom stereocenters. The summed E-state index contributed by atoms with van der Waals surface area (Å²) in [6.45, 7) is 1.70. The summed E-state index contributed by atoms with van der Waals surface area (Å²) < 4.78 is 21.0. The molecular weight excluding hydrogens is 509 g/mol. The molecule has 2 aromatic heterocycles. The van der Waals surface area contributed by atoms with E-state index in [9.17, 15) is 4.39 Å². The second-order valence-corrected chi connectivity index (χ2v) is 9.60. The van der Waals surface area contributed by atoms with Gasteiger partial charge in [0.15, 0.2) is 5.65 Å². The molecule has 40 heavy (non-hydrogen) atoms. The van der Waals surface area contributed by atoms with Crippen molar-refractivity contribution >= 4 is 45.8 Å². The van der Waals surface area contributed by atoms with Crippen LogP contribution in [0, 0.1) is 5.82 Å². The highest BCUT2D eigenvalue weighted by molar-refractivity contribution is 5.82. The molecule has 2 heterocycles. The number of halogens is 1. The van der Waals surface area contributed by atoms with E-state index in [0.717, 1.165) is 24.5 Å². The molecule has 5 aromatic rings. The van der Waals surface area contributed by atoms with Gasteiger partial charge in [-0.15, -0.1) is 0 Å². The fraction of sp³-hybridized carbons (Fsp3) is 0.207. The molecular formula is C29H32FN9O. The van der Waals surface area contributed by atoms with E-state index >= 15 is 0 Å². The maximum absolute atomic E-state index is 13.5. The van der Waals surface area contributed by atoms with Crippen molar-refractivity contribution in [3.05, 3.63) is 78.7 Å². The van der Waals surface area contributed by atoms with Gasteiger partial charge in [-0.25, -0.2) is 14.4 Å². The van der Waals surface area contributed by atoms with Crippen molar-refractivity contribution in [3.63, 3.8) is 0 Å². The van der Waals surface area contributed by atoms with Crippen LogP contribution in [0.15, 0.2) is 72.9 Å². The van der Waals surface area contributed by atoms with Gasteiger partial charge < -0.3 is 30.9 Å². The average molecular weight is 542 g/mol. The van der Waals surface area contributed by atoms with Crippen LogP contribution in [0.1, 0.15) is 0 Å². The summed E-state index contributed by atoms with van der Waals surface area (Å²) in [6, 6.07) is 19.6. The first kappa shape index (κ1) is 26.7. The van der Waals surface area contributed by atoms with Crippen LogP contribution in [0.25, 0.3) is 16.9 Å². The summed E-state index contributed by atoms with van der Waals surface area (Å²) in [5.74, 6) is 1.17. The van der Waals surface area contributed by atoms with Crippen LogP contribution in [-0.2, 0) is 0 Å². The zero-order valence-corrected chi connectivity index (χ0v) is 22.9. The van der Waals surface area contributed by atoms with Crippen molar-refractivity contribution in [1.29, 1.82) is 0 Å². The van der Waals surface area contributed by atoms with Crippen LogP contribution in [0.4, 0.5) is 39.0 Å². The lowest BCUT2D eigenvalue weighted by molar-refractivity contribution is 0.413. The number of nitrogens with zero attached hydrogens (tertiary/aromatic N) is 6. The maximum atomic E-state index is 13.5. The Hall–Kier alpha value is -4.90. The fourth-order valence-electron chi connectivity index (χ4n) is 4.28. The summed E-state index contributed by atoms with van der Waals surface area (Å²) in [6.07, 6.45) is 1.65. The molecule has 10 nitrogen and oxygen atoms in total. The second-order valence-electron chi connectivity index (χ2n) is 9.60. The van der Waals surface area contributed by atoms with Crippen molar-refractivity contribution < 1.29 is 9.13 Å². The molecule has 0 aliphatic heterocycles. The zero-order chi connectivity index (χ0) is 28.2. The van der Waals surface area contributed by atoms with Gasteiger partial charge >= 0.3 is 0 Å². The molecule has 0 amide bonds. The van der Waals surface area contributed by atoms with Gasteiger partial charge in [-0.2, -0.15) is 4.98 Å². The van der Waals surface area contributed by atoms with Crippen molar-refractivity contribution in [1.82, 2.24) is 24.4 Å². The Morgan fingerprint density at radius 2 is 1.70 bits per heavy atom. The third-order valence-electron chi connectivity index (χ3n) is 6.40. The average Bonchev–Trinajstić information content (AvgIpc) is 3.30. The first-order valence-electron chi connectivity index (χ1n) is 12.8. The molecule has 5 rings (SSSR count). The number of hydrogen-bond acceptors (Lipinski definition) is 9. The maximum Gasteiger partial charge on any atom is 0.229 e. The standard InChI is InChI=1S/C29H32FN9O/c1-37(2)14-15-38(3)25-17-26(40-4)23(16-22(25)31)34-28-32-18-24-27(36-28)39(21-8-6-5-7-9-21)29(35-24)33-20-12-10-19(30)11-13-20/h5-13,16-18H,14-15,31H2,1-4H3,(H,33,35)(H,32,34,36). The molecule has 0 fully saturated rings. The van der Waals surface area contributed by atoms with Crippen LogP contribution in [-0.4, -0.2) is 65.8 Å². The number of likely N-dealkylation sites (N-methyl/N-ethyl adjacent to an activating group) is 2. The van der Waals surface area contributed by atoms with Gasteiger partial charge in [-0.05, 0) is 56.6 Å². The Morgan fingerprint density at radius 1 is 0.950 bits per heavy atom. The summed E-state index contributed by atoms with van der Waals surface area (Å²) in [7, 11) is 7.68. The third-order valence-corrected chi connectivity index (χ3v) is 6.40. The lowest BCUT2D eigenvalue weighted by Gasteiger charge is -2.24. The Morgan fingerprint density at radius 3 is 2.40 bits per heavy atom. The lowest BCUT2D eigenvalue weighted by Crippen LogP contribution is -2.29. The number of imidazole rings is 1. The highest BCUT2D eigenvalue weighted by Gasteiger charge is 2.18. The number of nitrogen functional groups attached to an aromatic ring is 1. The number of ether oxygens (including phenoxy) is 1. The van der Waals surface area contributed by atoms with E-state index in [0.29, 0.717) is 45.9 Å². The molecule has 11 heteroatoms. The number of fused-ring (bicyclic) bond motifs is 1. The van der Waals surface area contributed by atoms with Crippen LogP contribution < -0.4 is 26.0 Å². The Kier molecular flexibility index (Phi) is 7.65. The molecule has 0 unspecified atom stereocenters. The van der Waals surface area contributed by atoms with Gasteiger partial charge in [0.2, 0.25) is 11.9 Å². The van der Waals surface area contributed by atoms with Crippen molar-refractivity contribution in [2.24, 2.45) is 0 Å². The predicted octanol–water partition coefficient (Wildman–Crippen LogP) is 5.03. The molecule has 0 aliphatic carbocycles. The number of aromatic nitrogens is 4. The first-order chi connectivity index (χ1) is 19.3. The molecule has 0 bridgehead atoms. The number of methoxy groups -OCH3 is 1. The van der Waals surface area contributed by atoms with Crippen molar-refractivity contribution in [3.8, 4) is 11.4 Å². The number of para-hydroxylation sites is 1. The highest BCUT2D eigenvalue weighted by atomic mass is 19.1. The number of benzene rings is 3. The molecule has 3 aromatic carbocycles. The highest BCUT2D eigenvalue weighted by Crippen LogP contribution is 2.36. The van der Waals surface area contributed by atoms with E-state index in [-0.39, 0.29) is 5.82 Å². The first-order valence-corrected chi connectivity index (χ1v) is 12.8. The van der Waals surface area contributed by atoms with Crippen LogP contribution in [0.5, 0.6) is 5.75 Å². The second kappa shape index (κ2) is 11.5. The van der Waals surface area contributed by atoms with Gasteiger partial charge in [0.1, 0.15) is 17.1 Å². The number of rotatable bonds is 10. The van der Waals surface area contributed by atoms with E-state index in [1.807, 2.05) is 68.2 Å². The molecule has 0 aliphatic rings. The molecule has 206 valence electrons. The smallest absolute Gasteiger partial charge is 0.229 e. The molecule has 0 radical (unpaired) electrons. The number of hydrogen-bond donors (Lipinski definition) is 3. The minimum atomic E-state index is -0.312. The Labute approximate surface area is 232 Å². The third kappa shape index (κ3) is 5.74. The van der Waals surface area contributed by atoms with Gasteiger partial charge in [-0.1, -0.05) is 18.2 Å². The van der Waals surface area contributed by atoms with Gasteiger partial charge in [0.05, 0.1) is 36.1 Å². The van der Waals surface area contributed by atoms with Crippen LogP contribution in [0.3, 0.4) is 0 Å². The van der Waals surface area contributed by atoms with Gasteiger partial charge in [-0.3, -0.25) is 4.57 Å². The number of nitrogens with one attached hydrogen (secondary N) is 2. The predicted molar refractivity (Wildman–Crippen MR) is 159 cm³/mol. The van der Waals surface area contributed by atoms with Gasteiger partial charge in [0, 0.05) is 31.9 Å². The van der Waals surface area contributed by atoms with Crippen molar-refractivity contribution in [2.75, 3.05) is 62.6 Å². The Balaban J connectivity index is 1.51. The van der Waals surface area contributed by atoms with E-state index in [2.05, 4.69) is 25.4 Å². The van der Waals surface area contributed by atoms with Gasteiger partial charge in [0.25, 0.3) is 0 Å². The topological polar surface area (TPSA) is 109 Å². The van der Waals surface area contributed by atoms with E-state index < -0.39 is 0 Å². The number of anilines is 6. The van der Waals surface area contributed by atoms with Crippen LogP contribution >= 0.6 is 0 Å². The lowest BCUT2D eigenvalue weighted by atomic mass is 10.2. The Bertz CT molecular complexity index is 1600. The molecule has 0 saturated carbocycles. The monoisotopic (exact) mass is 541 g/mol. The van der Waals surface area contributed by atoms with E-state index in [4.69, 9.17) is 20.4 Å². The van der Waals surface area contributed by atoms with Crippen LogP contribution in [0.2, 0.25) is 0 Å². The zero-order valence-electron chi connectivity index (χ0n) is 22.9. The van der Waals surface area contributed by atoms with E-state index in [1.54, 1.807) is 25.4 Å². The SMILES string of the molecule is COc1cc(N(C)CCN(C)C)c(N)cc1Nc1ncc2nc(Nc3ccc(F)cc3)n(-c3ccccc3)c2n1. The summed E-state index contributed by atoms with van der Waals surface area (Å²) >= 11 is 0. The number of nitrogens with two attached hydrogens (primary N) is 1. The minimum Gasteiger partial charge on any atom is -0.494 e. The largest absolute Gasteiger partial charge is 0.494 e.